The monoisotopic (exact) mass is 412 g/mol. The summed E-state index contributed by atoms with van der Waals surface area (Å²) >= 11 is 0. The van der Waals surface area contributed by atoms with Crippen molar-refractivity contribution < 1.29 is 14.3 Å². The van der Waals surface area contributed by atoms with E-state index in [1.54, 1.807) is 0 Å². The molecule has 5 rings (SSSR count). The predicted molar refractivity (Wildman–Crippen MR) is 120 cm³/mol. The summed E-state index contributed by atoms with van der Waals surface area (Å²) in [5.41, 5.74) is 4.26. The largest absolute Gasteiger partial charge is 0.454 e. The van der Waals surface area contributed by atoms with Gasteiger partial charge in [-0.15, -0.1) is 0 Å². The molecule has 156 valence electrons. The first-order valence-corrected chi connectivity index (χ1v) is 10.5. The van der Waals surface area contributed by atoms with Crippen LogP contribution in [0.2, 0.25) is 0 Å². The number of benzene rings is 3. The van der Waals surface area contributed by atoms with Gasteiger partial charge in [-0.2, -0.15) is 0 Å². The lowest BCUT2D eigenvalue weighted by Gasteiger charge is -2.20. The maximum absolute atomic E-state index is 13.1. The zero-order chi connectivity index (χ0) is 21.2. The number of ether oxygens (including phenoxy) is 2. The molecule has 0 spiro atoms. The van der Waals surface area contributed by atoms with E-state index in [1.165, 1.54) is 0 Å². The van der Waals surface area contributed by atoms with Crippen molar-refractivity contribution in [2.45, 2.75) is 25.3 Å². The fraction of sp³-hybridized carbons (Fsp3) is 0.192. The van der Waals surface area contributed by atoms with E-state index in [1.807, 2.05) is 79.9 Å². The molecule has 0 fully saturated rings. The van der Waals surface area contributed by atoms with Crippen LogP contribution in [0.3, 0.4) is 0 Å². The second-order valence-corrected chi connectivity index (χ2v) is 7.86. The Hall–Kier alpha value is -3.73. The number of aromatic amines is 1. The molecule has 1 aliphatic rings. The number of aromatic nitrogens is 1. The normalized spacial score (nSPS) is 14.4. The van der Waals surface area contributed by atoms with Crippen molar-refractivity contribution in [1.82, 2.24) is 10.3 Å². The Morgan fingerprint density at radius 2 is 1.74 bits per heavy atom. The molecule has 5 nitrogen and oxygen atoms in total. The molecule has 0 aliphatic carbocycles. The van der Waals surface area contributed by atoms with E-state index in [9.17, 15) is 4.79 Å². The SMILES string of the molecule is C[C@H](NC(=O)C[C@H](c1ccc2c(c1)OCO2)c1c[nH]c2ccccc12)c1ccccc1. The van der Waals surface area contributed by atoms with Gasteiger partial charge in [-0.05, 0) is 41.8 Å². The number of fused-ring (bicyclic) bond motifs is 2. The Morgan fingerprint density at radius 3 is 2.61 bits per heavy atom. The number of hydrogen-bond donors (Lipinski definition) is 2. The Kier molecular flexibility index (Phi) is 5.08. The van der Waals surface area contributed by atoms with E-state index in [-0.39, 0.29) is 24.7 Å². The molecular weight excluding hydrogens is 388 g/mol. The van der Waals surface area contributed by atoms with Crippen LogP contribution in [-0.4, -0.2) is 17.7 Å². The van der Waals surface area contributed by atoms with Crippen molar-refractivity contribution in [3.8, 4) is 11.5 Å². The second-order valence-electron chi connectivity index (χ2n) is 7.86. The molecule has 31 heavy (non-hydrogen) atoms. The van der Waals surface area contributed by atoms with E-state index in [2.05, 4.69) is 16.4 Å². The molecule has 1 aromatic heterocycles. The van der Waals surface area contributed by atoms with Crippen molar-refractivity contribution in [2.75, 3.05) is 6.79 Å². The third-order valence-electron chi connectivity index (χ3n) is 5.86. The van der Waals surface area contributed by atoms with Gasteiger partial charge in [0.15, 0.2) is 11.5 Å². The van der Waals surface area contributed by atoms with Crippen molar-refractivity contribution >= 4 is 16.8 Å². The van der Waals surface area contributed by atoms with Crippen LogP contribution in [0.25, 0.3) is 10.9 Å². The first-order chi connectivity index (χ1) is 15.2. The number of amides is 1. The van der Waals surface area contributed by atoms with Gasteiger partial charge in [-0.1, -0.05) is 54.6 Å². The first kappa shape index (κ1) is 19.2. The lowest BCUT2D eigenvalue weighted by atomic mass is 9.87. The van der Waals surface area contributed by atoms with Gasteiger partial charge in [-0.25, -0.2) is 0 Å². The maximum atomic E-state index is 13.1. The van der Waals surface area contributed by atoms with E-state index in [0.29, 0.717) is 6.42 Å². The highest BCUT2D eigenvalue weighted by Crippen LogP contribution is 2.39. The predicted octanol–water partition coefficient (Wildman–Crippen LogP) is 5.30. The molecule has 0 unspecified atom stereocenters. The van der Waals surface area contributed by atoms with Crippen LogP contribution in [0, 0.1) is 0 Å². The van der Waals surface area contributed by atoms with Crippen molar-refractivity contribution in [3.05, 3.63) is 95.7 Å². The highest BCUT2D eigenvalue weighted by atomic mass is 16.7. The lowest BCUT2D eigenvalue weighted by Crippen LogP contribution is -2.28. The molecule has 1 aliphatic heterocycles. The molecule has 1 amide bonds. The summed E-state index contributed by atoms with van der Waals surface area (Å²) in [4.78, 5) is 16.4. The third kappa shape index (κ3) is 3.87. The van der Waals surface area contributed by atoms with Crippen molar-refractivity contribution in [1.29, 1.82) is 0 Å². The van der Waals surface area contributed by atoms with Crippen LogP contribution in [0.15, 0.2) is 79.0 Å². The van der Waals surface area contributed by atoms with Gasteiger partial charge >= 0.3 is 0 Å². The van der Waals surface area contributed by atoms with Crippen LogP contribution < -0.4 is 14.8 Å². The minimum Gasteiger partial charge on any atom is -0.454 e. The number of hydrogen-bond acceptors (Lipinski definition) is 3. The van der Waals surface area contributed by atoms with E-state index >= 15 is 0 Å². The number of rotatable bonds is 6. The van der Waals surface area contributed by atoms with Crippen molar-refractivity contribution in [3.63, 3.8) is 0 Å². The van der Waals surface area contributed by atoms with Crippen molar-refractivity contribution in [2.24, 2.45) is 0 Å². The van der Waals surface area contributed by atoms with Crippen LogP contribution in [0.5, 0.6) is 11.5 Å². The molecule has 0 saturated heterocycles. The summed E-state index contributed by atoms with van der Waals surface area (Å²) in [7, 11) is 0. The fourth-order valence-corrected chi connectivity index (χ4v) is 4.23. The maximum Gasteiger partial charge on any atom is 0.231 e. The van der Waals surface area contributed by atoms with Crippen LogP contribution in [0.1, 0.15) is 42.0 Å². The van der Waals surface area contributed by atoms with Gasteiger partial charge < -0.3 is 19.8 Å². The Balaban J connectivity index is 1.46. The zero-order valence-electron chi connectivity index (χ0n) is 17.3. The molecule has 2 heterocycles. The molecule has 0 saturated carbocycles. The Labute approximate surface area is 181 Å². The number of carbonyl (C=O) groups excluding carboxylic acids is 1. The molecule has 5 heteroatoms. The summed E-state index contributed by atoms with van der Waals surface area (Å²) in [5.74, 6) is 1.35. The fourth-order valence-electron chi connectivity index (χ4n) is 4.23. The zero-order valence-corrected chi connectivity index (χ0v) is 17.3. The van der Waals surface area contributed by atoms with Crippen LogP contribution in [-0.2, 0) is 4.79 Å². The minimum absolute atomic E-state index is 0.00398. The van der Waals surface area contributed by atoms with Gasteiger partial charge in [0.1, 0.15) is 0 Å². The molecule has 2 atom stereocenters. The minimum atomic E-state index is -0.117. The quantitative estimate of drug-likeness (QED) is 0.452. The average molecular weight is 412 g/mol. The number of para-hydroxylation sites is 1. The first-order valence-electron chi connectivity index (χ1n) is 10.5. The van der Waals surface area contributed by atoms with Gasteiger partial charge in [0, 0.05) is 29.4 Å². The summed E-state index contributed by atoms with van der Waals surface area (Å²) in [6.45, 7) is 2.24. The molecular formula is C26H24N2O3. The van der Waals surface area contributed by atoms with E-state index in [4.69, 9.17) is 9.47 Å². The smallest absolute Gasteiger partial charge is 0.231 e. The molecule has 2 N–H and O–H groups in total. The van der Waals surface area contributed by atoms with Gasteiger partial charge in [0.2, 0.25) is 12.7 Å². The average Bonchev–Trinajstić information content (AvgIpc) is 3.44. The van der Waals surface area contributed by atoms with Crippen LogP contribution >= 0.6 is 0 Å². The van der Waals surface area contributed by atoms with Gasteiger partial charge in [0.05, 0.1) is 6.04 Å². The van der Waals surface area contributed by atoms with Gasteiger partial charge in [0.25, 0.3) is 0 Å². The van der Waals surface area contributed by atoms with Crippen LogP contribution in [0.4, 0.5) is 0 Å². The summed E-state index contributed by atoms with van der Waals surface area (Å²) in [6, 6.07) is 24.0. The molecule has 4 aromatic rings. The lowest BCUT2D eigenvalue weighted by molar-refractivity contribution is -0.121. The standard InChI is InChI=1S/C26H24N2O3/c1-17(18-7-3-2-4-8-18)28-26(29)14-21(19-11-12-24-25(13-19)31-16-30-24)22-15-27-23-10-6-5-9-20(22)23/h2-13,15,17,21,27H,14,16H2,1H3,(H,28,29)/t17-,21+/m0/s1. The number of H-pyrrole nitrogens is 1. The molecule has 0 radical (unpaired) electrons. The highest BCUT2D eigenvalue weighted by Gasteiger charge is 2.24. The third-order valence-corrected chi connectivity index (χ3v) is 5.86. The number of carbonyl (C=O) groups is 1. The van der Waals surface area contributed by atoms with E-state index in [0.717, 1.165) is 39.1 Å². The summed E-state index contributed by atoms with van der Waals surface area (Å²) < 4.78 is 11.1. The Bertz CT molecular complexity index is 1220. The summed E-state index contributed by atoms with van der Waals surface area (Å²) in [6.07, 6.45) is 2.34. The Morgan fingerprint density at radius 1 is 0.968 bits per heavy atom. The number of nitrogens with one attached hydrogen (secondary N) is 2. The summed E-state index contributed by atoms with van der Waals surface area (Å²) in [5, 5.41) is 4.27. The molecule has 0 bridgehead atoms. The molecule has 3 aromatic carbocycles. The van der Waals surface area contributed by atoms with E-state index < -0.39 is 0 Å². The highest BCUT2D eigenvalue weighted by molar-refractivity contribution is 5.86. The van der Waals surface area contributed by atoms with Gasteiger partial charge in [-0.3, -0.25) is 4.79 Å². The second kappa shape index (κ2) is 8.19. The topological polar surface area (TPSA) is 63.4 Å².